The van der Waals surface area contributed by atoms with E-state index in [9.17, 15) is 4.79 Å². The first-order chi connectivity index (χ1) is 11.6. The molecule has 132 valence electrons. The monoisotopic (exact) mass is 334 g/mol. The molecule has 0 saturated carbocycles. The van der Waals surface area contributed by atoms with Gasteiger partial charge in [0, 0.05) is 51.5 Å². The number of nitrogens with zero attached hydrogens (tertiary/aromatic N) is 3. The number of hydrogen-bond donors (Lipinski definition) is 1. The van der Waals surface area contributed by atoms with Gasteiger partial charge >= 0.3 is 0 Å². The van der Waals surface area contributed by atoms with E-state index >= 15 is 0 Å². The lowest BCUT2D eigenvalue weighted by Gasteiger charge is -2.42. The van der Waals surface area contributed by atoms with Gasteiger partial charge in [-0.2, -0.15) is 0 Å². The Morgan fingerprint density at radius 1 is 1.33 bits per heavy atom. The SMILES string of the molecule is CNc1ncccc1CN1CCOC(C)(C(=O)N2CCOCC2)C1. The van der Waals surface area contributed by atoms with E-state index in [2.05, 4.69) is 21.3 Å². The third-order valence-electron chi connectivity index (χ3n) is 4.63. The van der Waals surface area contributed by atoms with Gasteiger partial charge in [0.1, 0.15) is 5.82 Å². The first-order valence-electron chi connectivity index (χ1n) is 8.47. The van der Waals surface area contributed by atoms with Crippen LogP contribution < -0.4 is 5.32 Å². The van der Waals surface area contributed by atoms with Crippen molar-refractivity contribution < 1.29 is 14.3 Å². The van der Waals surface area contributed by atoms with Crippen molar-refractivity contribution in [3.63, 3.8) is 0 Å². The molecular formula is C17H26N4O3. The maximum Gasteiger partial charge on any atom is 0.256 e. The highest BCUT2D eigenvalue weighted by atomic mass is 16.5. The molecule has 7 nitrogen and oxygen atoms in total. The average Bonchev–Trinajstić information content (AvgIpc) is 2.62. The molecule has 2 aliphatic heterocycles. The van der Waals surface area contributed by atoms with Crippen LogP contribution in [0.4, 0.5) is 5.82 Å². The summed E-state index contributed by atoms with van der Waals surface area (Å²) in [5.74, 6) is 0.945. The van der Waals surface area contributed by atoms with Gasteiger partial charge in [-0.25, -0.2) is 4.98 Å². The zero-order valence-corrected chi connectivity index (χ0v) is 14.5. The topological polar surface area (TPSA) is 66.9 Å². The second-order valence-corrected chi connectivity index (χ2v) is 6.46. The zero-order chi connectivity index (χ0) is 17.0. The first-order valence-corrected chi connectivity index (χ1v) is 8.47. The number of carbonyl (C=O) groups is 1. The molecule has 7 heteroatoms. The fraction of sp³-hybridized carbons (Fsp3) is 0.647. The second-order valence-electron chi connectivity index (χ2n) is 6.46. The molecule has 2 saturated heterocycles. The van der Waals surface area contributed by atoms with Gasteiger partial charge in [-0.3, -0.25) is 9.69 Å². The number of ether oxygens (including phenoxy) is 2. The molecule has 1 aromatic rings. The van der Waals surface area contributed by atoms with Crippen molar-refractivity contribution in [1.29, 1.82) is 0 Å². The predicted molar refractivity (Wildman–Crippen MR) is 90.8 cm³/mol. The summed E-state index contributed by atoms with van der Waals surface area (Å²) in [6, 6.07) is 4.00. The Bertz CT molecular complexity index is 577. The van der Waals surface area contributed by atoms with Gasteiger partial charge in [-0.1, -0.05) is 6.07 Å². The lowest BCUT2D eigenvalue weighted by Crippen LogP contribution is -2.60. The maximum absolute atomic E-state index is 12.9. The number of nitrogens with one attached hydrogen (secondary N) is 1. The van der Waals surface area contributed by atoms with Crippen LogP contribution in [0.5, 0.6) is 0 Å². The molecule has 1 unspecified atom stereocenters. The van der Waals surface area contributed by atoms with Crippen molar-refractivity contribution in [2.75, 3.05) is 58.4 Å². The maximum atomic E-state index is 12.9. The predicted octanol–water partition coefficient (Wildman–Crippen LogP) is 0.573. The number of aromatic nitrogens is 1. The number of anilines is 1. The number of hydrogen-bond acceptors (Lipinski definition) is 6. The van der Waals surface area contributed by atoms with Gasteiger partial charge < -0.3 is 19.7 Å². The van der Waals surface area contributed by atoms with Crippen molar-refractivity contribution in [3.8, 4) is 0 Å². The van der Waals surface area contributed by atoms with Crippen LogP contribution >= 0.6 is 0 Å². The number of amides is 1. The molecule has 0 radical (unpaired) electrons. The van der Waals surface area contributed by atoms with E-state index in [0.29, 0.717) is 39.5 Å². The molecule has 1 amide bonds. The van der Waals surface area contributed by atoms with Crippen molar-refractivity contribution >= 4 is 11.7 Å². The van der Waals surface area contributed by atoms with Crippen molar-refractivity contribution in [3.05, 3.63) is 23.9 Å². The van der Waals surface area contributed by atoms with Gasteiger partial charge in [0.15, 0.2) is 5.60 Å². The van der Waals surface area contributed by atoms with Gasteiger partial charge in [-0.05, 0) is 13.0 Å². The summed E-state index contributed by atoms with van der Waals surface area (Å²) in [5.41, 5.74) is 0.334. The molecule has 24 heavy (non-hydrogen) atoms. The Labute approximate surface area is 142 Å². The molecule has 1 aromatic heterocycles. The highest BCUT2D eigenvalue weighted by Gasteiger charge is 2.42. The van der Waals surface area contributed by atoms with E-state index in [1.165, 1.54) is 0 Å². The van der Waals surface area contributed by atoms with E-state index in [1.807, 2.05) is 24.9 Å². The number of rotatable bonds is 4. The fourth-order valence-corrected chi connectivity index (χ4v) is 3.35. The van der Waals surface area contributed by atoms with Gasteiger partial charge in [0.05, 0.1) is 19.8 Å². The van der Waals surface area contributed by atoms with Crippen LogP contribution in [0.25, 0.3) is 0 Å². The van der Waals surface area contributed by atoms with Crippen LogP contribution in [-0.2, 0) is 20.8 Å². The van der Waals surface area contributed by atoms with Gasteiger partial charge in [0.2, 0.25) is 0 Å². The summed E-state index contributed by atoms with van der Waals surface area (Å²) < 4.78 is 11.2. The van der Waals surface area contributed by atoms with E-state index in [1.54, 1.807) is 6.20 Å². The van der Waals surface area contributed by atoms with Gasteiger partial charge in [-0.15, -0.1) is 0 Å². The van der Waals surface area contributed by atoms with E-state index < -0.39 is 5.60 Å². The lowest BCUT2D eigenvalue weighted by atomic mass is 10.0. The largest absolute Gasteiger partial charge is 0.378 e. The summed E-state index contributed by atoms with van der Waals surface area (Å²) in [6.45, 7) is 7.10. The number of pyridine rings is 1. The highest BCUT2D eigenvalue weighted by molar-refractivity contribution is 5.85. The number of carbonyl (C=O) groups excluding carboxylic acids is 1. The smallest absolute Gasteiger partial charge is 0.256 e. The normalized spacial score (nSPS) is 25.5. The molecule has 2 fully saturated rings. The minimum absolute atomic E-state index is 0.0653. The molecule has 2 aliphatic rings. The van der Waals surface area contributed by atoms with Crippen molar-refractivity contribution in [2.45, 2.75) is 19.1 Å². The third-order valence-corrected chi connectivity index (χ3v) is 4.63. The van der Waals surface area contributed by atoms with E-state index in [4.69, 9.17) is 9.47 Å². The molecule has 0 bridgehead atoms. The molecule has 3 rings (SSSR count). The highest BCUT2D eigenvalue weighted by Crippen LogP contribution is 2.24. The van der Waals surface area contributed by atoms with Crippen molar-refractivity contribution in [1.82, 2.24) is 14.8 Å². The van der Waals surface area contributed by atoms with Crippen LogP contribution in [0, 0.1) is 0 Å². The van der Waals surface area contributed by atoms with Crippen LogP contribution in [-0.4, -0.2) is 79.3 Å². The Morgan fingerprint density at radius 2 is 2.12 bits per heavy atom. The van der Waals surface area contributed by atoms with Crippen molar-refractivity contribution in [2.24, 2.45) is 0 Å². The first kappa shape index (κ1) is 17.1. The Hall–Kier alpha value is -1.70. The van der Waals surface area contributed by atoms with Crippen LogP contribution in [0.3, 0.4) is 0 Å². The van der Waals surface area contributed by atoms with E-state index in [0.717, 1.165) is 24.5 Å². The summed E-state index contributed by atoms with van der Waals surface area (Å²) in [7, 11) is 1.87. The zero-order valence-electron chi connectivity index (χ0n) is 14.5. The Balaban J connectivity index is 1.67. The van der Waals surface area contributed by atoms with Crippen LogP contribution in [0.15, 0.2) is 18.3 Å². The molecule has 3 heterocycles. The summed E-state index contributed by atoms with van der Waals surface area (Å²) >= 11 is 0. The molecule has 1 N–H and O–H groups in total. The molecule has 1 atom stereocenters. The summed E-state index contributed by atoms with van der Waals surface area (Å²) in [5, 5.41) is 3.12. The summed E-state index contributed by atoms with van der Waals surface area (Å²) in [4.78, 5) is 21.4. The number of morpholine rings is 2. The molecular weight excluding hydrogens is 308 g/mol. The van der Waals surface area contributed by atoms with E-state index in [-0.39, 0.29) is 5.91 Å². The Morgan fingerprint density at radius 3 is 2.88 bits per heavy atom. The molecule has 0 aromatic carbocycles. The minimum Gasteiger partial charge on any atom is -0.378 e. The second kappa shape index (κ2) is 7.46. The van der Waals surface area contributed by atoms with Crippen LogP contribution in [0.1, 0.15) is 12.5 Å². The average molecular weight is 334 g/mol. The quantitative estimate of drug-likeness (QED) is 0.868. The standard InChI is InChI=1S/C17H26N4O3/c1-17(16(22)21-7-9-23-10-8-21)13-20(6-11-24-17)12-14-4-3-5-19-15(14)18-2/h3-5H,6-13H2,1-2H3,(H,18,19). The fourth-order valence-electron chi connectivity index (χ4n) is 3.35. The minimum atomic E-state index is -0.794. The lowest BCUT2D eigenvalue weighted by molar-refractivity contribution is -0.171. The molecule has 0 spiro atoms. The third kappa shape index (κ3) is 3.68. The molecule has 0 aliphatic carbocycles. The van der Waals surface area contributed by atoms with Gasteiger partial charge in [0.25, 0.3) is 5.91 Å². The summed E-state index contributed by atoms with van der Waals surface area (Å²) in [6.07, 6.45) is 1.78. The Kier molecular flexibility index (Phi) is 5.33. The van der Waals surface area contributed by atoms with Crippen LogP contribution in [0.2, 0.25) is 0 Å².